The molecule has 0 unspecified atom stereocenters. The molecule has 0 saturated heterocycles. The summed E-state index contributed by atoms with van der Waals surface area (Å²) in [6.45, 7) is 0. The Morgan fingerprint density at radius 1 is 0.409 bits per heavy atom. The second-order valence-electron chi connectivity index (χ2n) is 4.19. The second kappa shape index (κ2) is 12.0. The Balaban J connectivity index is 0.000000167. The van der Waals surface area contributed by atoms with Gasteiger partial charge in [-0.05, 0) is 24.3 Å². The van der Waals surface area contributed by atoms with Gasteiger partial charge in [-0.1, -0.05) is 72.8 Å². The van der Waals surface area contributed by atoms with E-state index in [1.807, 2.05) is 97.1 Å². The number of ether oxygens (including phenoxy) is 2. The number of methoxy groups -OCH3 is 2. The highest BCUT2D eigenvalue weighted by Gasteiger charge is 1.80. The first-order valence-corrected chi connectivity index (χ1v) is 7.05. The molecule has 0 heterocycles. The van der Waals surface area contributed by atoms with Gasteiger partial charge < -0.3 is 9.47 Å². The zero-order chi connectivity index (χ0) is 15.9. The maximum absolute atomic E-state index is 4.91. The number of rotatable bonds is 2. The van der Waals surface area contributed by atoms with Crippen molar-refractivity contribution in [3.8, 4) is 11.5 Å². The lowest BCUT2D eigenvalue weighted by Gasteiger charge is -1.93. The van der Waals surface area contributed by atoms with E-state index in [0.29, 0.717) is 0 Å². The van der Waals surface area contributed by atoms with E-state index in [2.05, 4.69) is 0 Å². The van der Waals surface area contributed by atoms with Crippen LogP contribution in [0.1, 0.15) is 0 Å². The van der Waals surface area contributed by atoms with Gasteiger partial charge in [-0.3, -0.25) is 0 Å². The quantitative estimate of drug-likeness (QED) is 0.656. The summed E-state index contributed by atoms with van der Waals surface area (Å²) < 4.78 is 9.83. The largest absolute Gasteiger partial charge is 0.497 e. The predicted molar refractivity (Wildman–Crippen MR) is 92.4 cm³/mol. The number of hydrogen-bond donors (Lipinski definition) is 0. The lowest BCUT2D eigenvalue weighted by Crippen LogP contribution is -1.78. The van der Waals surface area contributed by atoms with Crippen molar-refractivity contribution in [3.63, 3.8) is 0 Å². The van der Waals surface area contributed by atoms with Crippen molar-refractivity contribution in [3.05, 3.63) is 97.1 Å². The molecular weight excluding hydrogens is 272 g/mol. The van der Waals surface area contributed by atoms with E-state index in [4.69, 9.17) is 9.47 Å². The van der Waals surface area contributed by atoms with Crippen LogP contribution in [0.3, 0.4) is 0 Å². The summed E-state index contributed by atoms with van der Waals surface area (Å²) in [7, 11) is 3.32. The van der Waals surface area contributed by atoms with E-state index in [1.165, 1.54) is 0 Å². The van der Waals surface area contributed by atoms with Crippen LogP contribution < -0.4 is 9.47 Å². The number of benzene rings is 3. The summed E-state index contributed by atoms with van der Waals surface area (Å²) in [5.74, 6) is 1.82. The fourth-order valence-electron chi connectivity index (χ4n) is 1.50. The topological polar surface area (TPSA) is 18.5 Å². The van der Waals surface area contributed by atoms with E-state index >= 15 is 0 Å². The van der Waals surface area contributed by atoms with Gasteiger partial charge in [-0.2, -0.15) is 0 Å². The first kappa shape index (κ1) is 17.3. The fraction of sp³-hybridized carbons (Fsp3) is 0.100. The molecule has 2 heteroatoms. The maximum atomic E-state index is 4.91. The van der Waals surface area contributed by atoms with Crippen molar-refractivity contribution in [1.82, 2.24) is 0 Å². The molecular formula is C20H22O2. The lowest BCUT2D eigenvalue weighted by atomic mass is 10.3. The van der Waals surface area contributed by atoms with E-state index in [9.17, 15) is 0 Å². The summed E-state index contributed by atoms with van der Waals surface area (Å²) in [5, 5.41) is 0. The number of hydrogen-bond acceptors (Lipinski definition) is 2. The second-order valence-corrected chi connectivity index (χ2v) is 4.19. The zero-order valence-corrected chi connectivity index (χ0v) is 13.1. The summed E-state index contributed by atoms with van der Waals surface area (Å²) >= 11 is 0. The SMILES string of the molecule is COc1ccccc1.COc1ccccc1.c1ccccc1. The minimum atomic E-state index is 0.910. The predicted octanol–water partition coefficient (Wildman–Crippen LogP) is 5.08. The number of para-hydroxylation sites is 2. The van der Waals surface area contributed by atoms with Crippen LogP contribution in [0.25, 0.3) is 0 Å². The van der Waals surface area contributed by atoms with Gasteiger partial charge >= 0.3 is 0 Å². The summed E-state index contributed by atoms with van der Waals surface area (Å²) in [6, 6.07) is 31.4. The van der Waals surface area contributed by atoms with Gasteiger partial charge in [0.05, 0.1) is 14.2 Å². The first-order valence-electron chi connectivity index (χ1n) is 7.05. The molecule has 0 radical (unpaired) electrons. The molecule has 0 amide bonds. The van der Waals surface area contributed by atoms with Crippen molar-refractivity contribution in [2.45, 2.75) is 0 Å². The highest BCUT2D eigenvalue weighted by atomic mass is 16.5. The highest BCUT2D eigenvalue weighted by molar-refractivity contribution is 5.21. The first-order chi connectivity index (χ1) is 10.9. The summed E-state index contributed by atoms with van der Waals surface area (Å²) in [6.07, 6.45) is 0. The minimum absolute atomic E-state index is 0.910. The van der Waals surface area contributed by atoms with Gasteiger partial charge in [0.1, 0.15) is 11.5 Å². The summed E-state index contributed by atoms with van der Waals surface area (Å²) in [4.78, 5) is 0. The van der Waals surface area contributed by atoms with Crippen molar-refractivity contribution in [2.75, 3.05) is 14.2 Å². The molecule has 0 aliphatic rings. The monoisotopic (exact) mass is 294 g/mol. The van der Waals surface area contributed by atoms with Crippen molar-refractivity contribution >= 4 is 0 Å². The molecule has 22 heavy (non-hydrogen) atoms. The Morgan fingerprint density at radius 2 is 0.636 bits per heavy atom. The van der Waals surface area contributed by atoms with Crippen molar-refractivity contribution < 1.29 is 9.47 Å². The van der Waals surface area contributed by atoms with Gasteiger partial charge in [-0.15, -0.1) is 0 Å². The van der Waals surface area contributed by atoms with Gasteiger partial charge in [0.2, 0.25) is 0 Å². The van der Waals surface area contributed by atoms with Gasteiger partial charge in [-0.25, -0.2) is 0 Å². The zero-order valence-electron chi connectivity index (χ0n) is 13.1. The molecule has 0 bridgehead atoms. The molecule has 3 aromatic rings. The van der Waals surface area contributed by atoms with Crippen LogP contribution in [0.2, 0.25) is 0 Å². The van der Waals surface area contributed by atoms with Crippen LogP contribution in [0.5, 0.6) is 11.5 Å². The van der Waals surface area contributed by atoms with Crippen molar-refractivity contribution in [1.29, 1.82) is 0 Å². The normalized spacial score (nSPS) is 8.45. The van der Waals surface area contributed by atoms with Crippen LogP contribution in [0, 0.1) is 0 Å². The Morgan fingerprint density at radius 3 is 0.818 bits per heavy atom. The third-order valence-corrected chi connectivity index (χ3v) is 2.62. The Bertz CT molecular complexity index is 499. The maximum Gasteiger partial charge on any atom is 0.118 e. The highest BCUT2D eigenvalue weighted by Crippen LogP contribution is 2.06. The standard InChI is InChI=1S/2C7H8O.C6H6/c2*1-8-7-5-3-2-4-6-7;1-2-4-6-5-3-1/h2*2-6H,1H3;1-6H. The van der Waals surface area contributed by atoms with Gasteiger partial charge in [0.25, 0.3) is 0 Å². The molecule has 0 atom stereocenters. The minimum Gasteiger partial charge on any atom is -0.497 e. The average Bonchev–Trinajstić information content (AvgIpc) is 2.65. The molecule has 3 rings (SSSR count). The summed E-state index contributed by atoms with van der Waals surface area (Å²) in [5.41, 5.74) is 0. The average molecular weight is 294 g/mol. The van der Waals surface area contributed by atoms with Crippen molar-refractivity contribution in [2.24, 2.45) is 0 Å². The van der Waals surface area contributed by atoms with Crippen LogP contribution >= 0.6 is 0 Å². The molecule has 0 aliphatic carbocycles. The molecule has 0 saturated carbocycles. The molecule has 114 valence electrons. The molecule has 3 aromatic carbocycles. The van der Waals surface area contributed by atoms with Crippen LogP contribution in [0.15, 0.2) is 97.1 Å². The van der Waals surface area contributed by atoms with Crippen LogP contribution in [-0.4, -0.2) is 14.2 Å². The molecule has 2 nitrogen and oxygen atoms in total. The van der Waals surface area contributed by atoms with E-state index in [-0.39, 0.29) is 0 Å². The Hall–Kier alpha value is -2.74. The van der Waals surface area contributed by atoms with Crippen LogP contribution in [0.4, 0.5) is 0 Å². The van der Waals surface area contributed by atoms with Gasteiger partial charge in [0, 0.05) is 0 Å². The third-order valence-electron chi connectivity index (χ3n) is 2.62. The molecule has 0 aromatic heterocycles. The smallest absolute Gasteiger partial charge is 0.118 e. The Kier molecular flexibility index (Phi) is 9.47. The van der Waals surface area contributed by atoms with Gasteiger partial charge in [0.15, 0.2) is 0 Å². The van der Waals surface area contributed by atoms with E-state index < -0.39 is 0 Å². The molecule has 0 N–H and O–H groups in total. The van der Waals surface area contributed by atoms with E-state index in [0.717, 1.165) is 11.5 Å². The Labute approximate surface area is 133 Å². The lowest BCUT2D eigenvalue weighted by molar-refractivity contribution is 0.414. The van der Waals surface area contributed by atoms with Crippen LogP contribution in [-0.2, 0) is 0 Å². The van der Waals surface area contributed by atoms with E-state index in [1.54, 1.807) is 14.2 Å². The molecule has 0 fully saturated rings. The molecule has 0 aliphatic heterocycles. The fourth-order valence-corrected chi connectivity index (χ4v) is 1.50. The third kappa shape index (κ3) is 8.43. The molecule has 0 spiro atoms.